The predicted octanol–water partition coefficient (Wildman–Crippen LogP) is 2.82. The molecule has 1 fully saturated rings. The molecule has 0 radical (unpaired) electrons. The van der Waals surface area contributed by atoms with E-state index in [9.17, 15) is 4.79 Å². The van der Waals surface area contributed by atoms with Gasteiger partial charge in [0.1, 0.15) is 4.32 Å². The number of amides is 1. The van der Waals surface area contributed by atoms with Crippen LogP contribution in [0.5, 0.6) is 0 Å². The summed E-state index contributed by atoms with van der Waals surface area (Å²) in [7, 11) is 0. The Morgan fingerprint density at radius 2 is 2.21 bits per heavy atom. The summed E-state index contributed by atoms with van der Waals surface area (Å²) in [6, 6.07) is 0.0952. The van der Waals surface area contributed by atoms with Crippen LogP contribution in [0.3, 0.4) is 0 Å². The van der Waals surface area contributed by atoms with Crippen LogP contribution in [0.15, 0.2) is 11.1 Å². The molecule has 4 nitrogen and oxygen atoms in total. The number of carbonyl (C=O) groups excluding carboxylic acids is 1. The Bertz CT molecular complexity index is 560. The Kier molecular flexibility index (Phi) is 4.10. The molecule has 1 aliphatic heterocycles. The van der Waals surface area contributed by atoms with E-state index >= 15 is 0 Å². The molecule has 102 valence electrons. The molecule has 0 aromatic carbocycles. The van der Waals surface area contributed by atoms with Gasteiger partial charge in [0.25, 0.3) is 5.91 Å². The fraction of sp³-hybridized carbons (Fsp3) is 0.462. The van der Waals surface area contributed by atoms with Crippen molar-refractivity contribution in [2.75, 3.05) is 0 Å². The lowest BCUT2D eigenvalue weighted by atomic mass is 10.2. The topological polar surface area (TPSA) is 38.1 Å². The Balaban J connectivity index is 2.32. The average molecular weight is 295 g/mol. The molecule has 0 bridgehead atoms. The number of aryl methyl sites for hydroxylation is 2. The van der Waals surface area contributed by atoms with E-state index in [0.29, 0.717) is 9.23 Å². The Morgan fingerprint density at radius 3 is 2.68 bits per heavy atom. The molecule has 2 heterocycles. The molecule has 19 heavy (non-hydrogen) atoms. The molecule has 0 atom stereocenters. The fourth-order valence-corrected chi connectivity index (χ4v) is 3.42. The summed E-state index contributed by atoms with van der Waals surface area (Å²) in [6.07, 6.45) is 3.84. The molecule has 1 amide bonds. The zero-order valence-electron chi connectivity index (χ0n) is 11.5. The summed E-state index contributed by atoms with van der Waals surface area (Å²) in [4.78, 5) is 14.6. The maximum absolute atomic E-state index is 12.3. The smallest absolute Gasteiger partial charge is 0.266 e. The molecule has 1 aromatic rings. The zero-order chi connectivity index (χ0) is 14.2. The van der Waals surface area contributed by atoms with Crippen molar-refractivity contribution in [1.82, 2.24) is 14.7 Å². The number of hydrogen-bond donors (Lipinski definition) is 0. The third-order valence-electron chi connectivity index (χ3n) is 2.93. The second kappa shape index (κ2) is 5.46. The summed E-state index contributed by atoms with van der Waals surface area (Å²) in [5.41, 5.74) is 1.91. The molecule has 0 unspecified atom stereocenters. The van der Waals surface area contributed by atoms with Crippen LogP contribution in [0.1, 0.15) is 32.0 Å². The number of thiocarbonyl (C=S) groups is 1. The first-order valence-corrected chi connectivity index (χ1v) is 7.47. The summed E-state index contributed by atoms with van der Waals surface area (Å²) >= 11 is 6.62. The van der Waals surface area contributed by atoms with E-state index in [2.05, 4.69) is 5.10 Å². The number of rotatable bonds is 3. The molecule has 6 heteroatoms. The van der Waals surface area contributed by atoms with Gasteiger partial charge < -0.3 is 0 Å². The molecular weight excluding hydrogens is 278 g/mol. The molecule has 2 rings (SSSR count). The highest BCUT2D eigenvalue weighted by Gasteiger charge is 2.33. The SMILES string of the molecule is CCn1cc(/C=C2\SC(=S)N(C(C)C)C2=O)c(C)n1. The van der Waals surface area contributed by atoms with E-state index in [0.717, 1.165) is 17.8 Å². The number of carbonyl (C=O) groups is 1. The first-order valence-electron chi connectivity index (χ1n) is 6.25. The monoisotopic (exact) mass is 295 g/mol. The van der Waals surface area contributed by atoms with Gasteiger partial charge in [-0.25, -0.2) is 0 Å². The van der Waals surface area contributed by atoms with Gasteiger partial charge in [-0.05, 0) is 33.8 Å². The lowest BCUT2D eigenvalue weighted by Gasteiger charge is -2.18. The van der Waals surface area contributed by atoms with Crippen molar-refractivity contribution in [2.45, 2.75) is 40.3 Å². The van der Waals surface area contributed by atoms with E-state index in [4.69, 9.17) is 12.2 Å². The van der Waals surface area contributed by atoms with Crippen LogP contribution in [-0.2, 0) is 11.3 Å². The van der Waals surface area contributed by atoms with Crippen molar-refractivity contribution in [3.05, 3.63) is 22.4 Å². The van der Waals surface area contributed by atoms with Crippen LogP contribution < -0.4 is 0 Å². The fourth-order valence-electron chi connectivity index (χ4n) is 1.90. The van der Waals surface area contributed by atoms with Gasteiger partial charge in [-0.1, -0.05) is 24.0 Å². The standard InChI is InChI=1S/C13H17N3OS2/c1-5-15-7-10(9(4)14-15)6-11-12(17)16(8(2)3)13(18)19-11/h6-8H,5H2,1-4H3/b11-6-. The quantitative estimate of drug-likeness (QED) is 0.635. The largest absolute Gasteiger partial charge is 0.290 e. The van der Waals surface area contributed by atoms with Crippen molar-refractivity contribution in [3.63, 3.8) is 0 Å². The second-order valence-corrected chi connectivity index (χ2v) is 6.35. The first kappa shape index (κ1) is 14.3. The lowest BCUT2D eigenvalue weighted by Crippen LogP contribution is -2.34. The summed E-state index contributed by atoms with van der Waals surface area (Å²) in [5, 5.41) is 4.37. The second-order valence-electron chi connectivity index (χ2n) is 4.67. The van der Waals surface area contributed by atoms with Crippen molar-refractivity contribution >= 4 is 40.3 Å². The van der Waals surface area contributed by atoms with Gasteiger partial charge in [-0.3, -0.25) is 14.4 Å². The van der Waals surface area contributed by atoms with Gasteiger partial charge in [0.2, 0.25) is 0 Å². The van der Waals surface area contributed by atoms with Crippen LogP contribution in [-0.4, -0.2) is 30.9 Å². The summed E-state index contributed by atoms with van der Waals surface area (Å²) in [5.74, 6) is -0.00588. The molecule has 0 N–H and O–H groups in total. The number of thioether (sulfide) groups is 1. The van der Waals surface area contributed by atoms with Crippen LogP contribution in [0.2, 0.25) is 0 Å². The highest BCUT2D eigenvalue weighted by molar-refractivity contribution is 8.26. The Labute approximate surface area is 122 Å². The maximum atomic E-state index is 12.3. The van der Waals surface area contributed by atoms with E-state index in [-0.39, 0.29) is 11.9 Å². The third kappa shape index (κ3) is 2.74. The van der Waals surface area contributed by atoms with E-state index in [1.54, 1.807) is 4.90 Å². The highest BCUT2D eigenvalue weighted by atomic mass is 32.2. The Hall–Kier alpha value is -1.14. The van der Waals surface area contributed by atoms with Gasteiger partial charge in [-0.15, -0.1) is 0 Å². The molecule has 0 saturated carbocycles. The number of aromatic nitrogens is 2. The van der Waals surface area contributed by atoms with Crippen LogP contribution in [0, 0.1) is 6.92 Å². The molecule has 1 aliphatic rings. The molecule has 1 aromatic heterocycles. The predicted molar refractivity (Wildman–Crippen MR) is 82.8 cm³/mol. The van der Waals surface area contributed by atoms with Crippen LogP contribution >= 0.6 is 24.0 Å². The third-order valence-corrected chi connectivity index (χ3v) is 4.27. The van der Waals surface area contributed by atoms with Crippen molar-refractivity contribution in [3.8, 4) is 0 Å². The maximum Gasteiger partial charge on any atom is 0.266 e. The highest BCUT2D eigenvalue weighted by Crippen LogP contribution is 2.34. The summed E-state index contributed by atoms with van der Waals surface area (Å²) < 4.78 is 2.50. The number of nitrogens with zero attached hydrogens (tertiary/aromatic N) is 3. The Morgan fingerprint density at radius 1 is 1.53 bits per heavy atom. The van der Waals surface area contributed by atoms with Gasteiger partial charge in [-0.2, -0.15) is 5.10 Å². The van der Waals surface area contributed by atoms with Gasteiger partial charge >= 0.3 is 0 Å². The van der Waals surface area contributed by atoms with Crippen LogP contribution in [0.4, 0.5) is 0 Å². The lowest BCUT2D eigenvalue weighted by molar-refractivity contribution is -0.123. The van der Waals surface area contributed by atoms with Crippen molar-refractivity contribution in [2.24, 2.45) is 0 Å². The first-order chi connectivity index (χ1) is 8.93. The van der Waals surface area contributed by atoms with Crippen molar-refractivity contribution in [1.29, 1.82) is 0 Å². The van der Waals surface area contributed by atoms with E-state index in [1.165, 1.54) is 11.8 Å². The average Bonchev–Trinajstić information content (AvgIpc) is 2.81. The van der Waals surface area contributed by atoms with E-state index < -0.39 is 0 Å². The minimum absolute atomic E-state index is 0.00588. The summed E-state index contributed by atoms with van der Waals surface area (Å²) in [6.45, 7) is 8.74. The number of hydrogen-bond acceptors (Lipinski definition) is 4. The van der Waals surface area contributed by atoms with Crippen molar-refractivity contribution < 1.29 is 4.79 Å². The van der Waals surface area contributed by atoms with Gasteiger partial charge in [0.15, 0.2) is 0 Å². The minimum Gasteiger partial charge on any atom is -0.290 e. The van der Waals surface area contributed by atoms with Gasteiger partial charge in [0.05, 0.1) is 10.6 Å². The zero-order valence-corrected chi connectivity index (χ0v) is 13.1. The van der Waals surface area contributed by atoms with Gasteiger partial charge in [0, 0.05) is 24.3 Å². The minimum atomic E-state index is -0.00588. The normalized spacial score (nSPS) is 18.2. The molecule has 1 saturated heterocycles. The molecular formula is C13H17N3OS2. The van der Waals surface area contributed by atoms with E-state index in [1.807, 2.05) is 44.6 Å². The van der Waals surface area contributed by atoms with Crippen LogP contribution in [0.25, 0.3) is 6.08 Å². The molecule has 0 spiro atoms. The molecule has 0 aliphatic carbocycles.